The molecule has 0 saturated heterocycles. The second kappa shape index (κ2) is 2.66. The van der Waals surface area contributed by atoms with Gasteiger partial charge < -0.3 is 9.84 Å². The quantitative estimate of drug-likeness (QED) is 0.611. The van der Waals surface area contributed by atoms with Gasteiger partial charge in [-0.15, -0.1) is 0 Å². The Morgan fingerprint density at radius 3 is 2.69 bits per heavy atom. The first-order chi connectivity index (χ1) is 6.04. The summed E-state index contributed by atoms with van der Waals surface area (Å²) in [6, 6.07) is 0. The van der Waals surface area contributed by atoms with Crippen molar-refractivity contribution in [1.82, 2.24) is 0 Å². The molecule has 0 bridgehead atoms. The highest BCUT2D eigenvalue weighted by Gasteiger charge is 2.47. The van der Waals surface area contributed by atoms with Gasteiger partial charge in [0.2, 0.25) is 0 Å². The molecule has 1 N–H and O–H groups in total. The van der Waals surface area contributed by atoms with Crippen molar-refractivity contribution >= 4 is 5.78 Å². The van der Waals surface area contributed by atoms with Crippen LogP contribution in [0.3, 0.4) is 0 Å². The zero-order chi connectivity index (χ0) is 9.53. The Bertz CT molecular complexity index is 259. The molecule has 1 aliphatic heterocycles. The highest BCUT2D eigenvalue weighted by Crippen LogP contribution is 2.39. The van der Waals surface area contributed by atoms with Crippen molar-refractivity contribution in [3.05, 3.63) is 12.2 Å². The summed E-state index contributed by atoms with van der Waals surface area (Å²) in [6.45, 7) is 1.57. The molecule has 13 heavy (non-hydrogen) atoms. The molecule has 72 valence electrons. The molecule has 1 unspecified atom stereocenters. The number of hydrogen-bond acceptors (Lipinski definition) is 3. The smallest absolute Gasteiger partial charge is 0.187 e. The standard InChI is InChI=1S/C10H14O3/c1-9(12)7-4-8(11)10(13-9)5-2-3-6-10/h4,7,12H,2-3,5-6H2,1H3. The third kappa shape index (κ3) is 1.42. The number of carbonyl (C=O) groups is 1. The van der Waals surface area contributed by atoms with E-state index in [1.54, 1.807) is 6.92 Å². The topological polar surface area (TPSA) is 46.5 Å². The third-order valence-electron chi connectivity index (χ3n) is 2.81. The van der Waals surface area contributed by atoms with Crippen LogP contribution in [0.4, 0.5) is 0 Å². The van der Waals surface area contributed by atoms with E-state index < -0.39 is 11.4 Å². The second-order valence-electron chi connectivity index (χ2n) is 4.06. The van der Waals surface area contributed by atoms with E-state index in [-0.39, 0.29) is 5.78 Å². The summed E-state index contributed by atoms with van der Waals surface area (Å²) in [6.07, 6.45) is 6.37. The first kappa shape index (κ1) is 8.91. The number of ether oxygens (including phenoxy) is 1. The van der Waals surface area contributed by atoms with Crippen LogP contribution >= 0.6 is 0 Å². The lowest BCUT2D eigenvalue weighted by molar-refractivity contribution is -0.226. The second-order valence-corrected chi connectivity index (χ2v) is 4.06. The van der Waals surface area contributed by atoms with E-state index in [0.29, 0.717) is 0 Å². The van der Waals surface area contributed by atoms with Gasteiger partial charge in [0.1, 0.15) is 5.60 Å². The fourth-order valence-electron chi connectivity index (χ4n) is 2.16. The monoisotopic (exact) mass is 182 g/mol. The largest absolute Gasteiger partial charge is 0.362 e. The van der Waals surface area contributed by atoms with Crippen molar-refractivity contribution in [2.45, 2.75) is 44.0 Å². The normalized spacial score (nSPS) is 37.2. The van der Waals surface area contributed by atoms with Crippen LogP contribution in [-0.4, -0.2) is 22.3 Å². The van der Waals surface area contributed by atoms with E-state index >= 15 is 0 Å². The van der Waals surface area contributed by atoms with Crippen LogP contribution < -0.4 is 0 Å². The van der Waals surface area contributed by atoms with Gasteiger partial charge in [-0.05, 0) is 44.8 Å². The van der Waals surface area contributed by atoms with Crippen LogP contribution in [0.1, 0.15) is 32.6 Å². The number of carbonyl (C=O) groups excluding carboxylic acids is 1. The molecule has 1 saturated carbocycles. The fraction of sp³-hybridized carbons (Fsp3) is 0.700. The number of aliphatic hydroxyl groups is 1. The highest BCUT2D eigenvalue weighted by molar-refractivity contribution is 5.98. The predicted molar refractivity (Wildman–Crippen MR) is 47.1 cm³/mol. The summed E-state index contributed by atoms with van der Waals surface area (Å²) in [4.78, 5) is 11.6. The molecule has 3 nitrogen and oxygen atoms in total. The Labute approximate surface area is 77.4 Å². The van der Waals surface area contributed by atoms with Gasteiger partial charge in [-0.25, -0.2) is 0 Å². The maximum absolute atomic E-state index is 11.6. The lowest BCUT2D eigenvalue weighted by Crippen LogP contribution is -2.48. The van der Waals surface area contributed by atoms with Gasteiger partial charge >= 0.3 is 0 Å². The van der Waals surface area contributed by atoms with Gasteiger partial charge in [0.15, 0.2) is 11.6 Å². The molecule has 1 atom stereocenters. The van der Waals surface area contributed by atoms with E-state index in [2.05, 4.69) is 0 Å². The maximum atomic E-state index is 11.6. The molecule has 1 aliphatic carbocycles. The van der Waals surface area contributed by atoms with E-state index in [9.17, 15) is 9.90 Å². The van der Waals surface area contributed by atoms with Gasteiger partial charge in [0, 0.05) is 0 Å². The lowest BCUT2D eigenvalue weighted by Gasteiger charge is -2.37. The van der Waals surface area contributed by atoms with Crippen molar-refractivity contribution in [2.75, 3.05) is 0 Å². The minimum atomic E-state index is -1.27. The van der Waals surface area contributed by atoms with Crippen molar-refractivity contribution < 1.29 is 14.6 Å². The molecule has 1 heterocycles. The van der Waals surface area contributed by atoms with E-state index in [1.807, 2.05) is 0 Å². The van der Waals surface area contributed by atoms with Gasteiger partial charge in [0.25, 0.3) is 0 Å². The molecular formula is C10H14O3. The van der Waals surface area contributed by atoms with Gasteiger partial charge in [0.05, 0.1) is 0 Å². The first-order valence-corrected chi connectivity index (χ1v) is 4.70. The van der Waals surface area contributed by atoms with Crippen molar-refractivity contribution in [1.29, 1.82) is 0 Å². The Hall–Kier alpha value is -0.670. The zero-order valence-corrected chi connectivity index (χ0v) is 7.75. The average Bonchev–Trinajstić information content (AvgIpc) is 2.47. The van der Waals surface area contributed by atoms with Crippen LogP contribution in [0.15, 0.2) is 12.2 Å². The average molecular weight is 182 g/mol. The first-order valence-electron chi connectivity index (χ1n) is 4.70. The van der Waals surface area contributed by atoms with E-state index in [1.165, 1.54) is 12.2 Å². The van der Waals surface area contributed by atoms with Gasteiger partial charge in [-0.1, -0.05) is 0 Å². The molecular weight excluding hydrogens is 168 g/mol. The Balaban J connectivity index is 2.30. The summed E-state index contributed by atoms with van der Waals surface area (Å²) in [5.41, 5.74) is -0.710. The van der Waals surface area contributed by atoms with Gasteiger partial charge in [-0.2, -0.15) is 0 Å². The zero-order valence-electron chi connectivity index (χ0n) is 7.75. The minimum absolute atomic E-state index is 0.0107. The van der Waals surface area contributed by atoms with E-state index in [0.717, 1.165) is 25.7 Å². The van der Waals surface area contributed by atoms with Gasteiger partial charge in [-0.3, -0.25) is 4.79 Å². The van der Waals surface area contributed by atoms with Crippen molar-refractivity contribution in [3.8, 4) is 0 Å². The highest BCUT2D eigenvalue weighted by atomic mass is 16.6. The Morgan fingerprint density at radius 1 is 1.46 bits per heavy atom. The molecule has 0 aromatic rings. The third-order valence-corrected chi connectivity index (χ3v) is 2.81. The molecule has 2 rings (SSSR count). The molecule has 0 aromatic carbocycles. The Morgan fingerprint density at radius 2 is 2.08 bits per heavy atom. The molecule has 2 aliphatic rings. The van der Waals surface area contributed by atoms with E-state index in [4.69, 9.17) is 4.74 Å². The predicted octanol–water partition coefficient (Wildman–Crippen LogP) is 1.16. The summed E-state index contributed by atoms with van der Waals surface area (Å²) in [5, 5.41) is 9.66. The number of ketones is 1. The SMILES string of the molecule is CC1(O)C=CC(=O)C2(CCCC2)O1. The summed E-state index contributed by atoms with van der Waals surface area (Å²) in [7, 11) is 0. The van der Waals surface area contributed by atoms with Crippen LogP contribution in [0.5, 0.6) is 0 Å². The minimum Gasteiger partial charge on any atom is -0.362 e. The molecule has 0 aromatic heterocycles. The molecule has 1 spiro atoms. The molecule has 3 heteroatoms. The van der Waals surface area contributed by atoms with Crippen LogP contribution in [-0.2, 0) is 9.53 Å². The van der Waals surface area contributed by atoms with Crippen molar-refractivity contribution in [3.63, 3.8) is 0 Å². The summed E-state index contributed by atoms with van der Waals surface area (Å²) in [5.74, 6) is -1.25. The van der Waals surface area contributed by atoms with Crippen LogP contribution in [0, 0.1) is 0 Å². The molecule has 0 amide bonds. The molecule has 1 fully saturated rings. The van der Waals surface area contributed by atoms with Crippen LogP contribution in [0.2, 0.25) is 0 Å². The fourth-order valence-corrected chi connectivity index (χ4v) is 2.16. The lowest BCUT2D eigenvalue weighted by atomic mass is 9.92. The summed E-state index contributed by atoms with van der Waals surface area (Å²) >= 11 is 0. The van der Waals surface area contributed by atoms with Crippen LogP contribution in [0.25, 0.3) is 0 Å². The van der Waals surface area contributed by atoms with Crippen molar-refractivity contribution in [2.24, 2.45) is 0 Å². The Kier molecular flexibility index (Phi) is 1.82. The molecule has 0 radical (unpaired) electrons. The summed E-state index contributed by atoms with van der Waals surface area (Å²) < 4.78 is 5.45. The number of rotatable bonds is 0. The number of hydrogen-bond donors (Lipinski definition) is 1. The maximum Gasteiger partial charge on any atom is 0.187 e.